The summed E-state index contributed by atoms with van der Waals surface area (Å²) < 4.78 is 0. The molecule has 0 aromatic heterocycles. The van der Waals surface area contributed by atoms with Crippen LogP contribution in [0.15, 0.2) is 12.2 Å². The lowest BCUT2D eigenvalue weighted by atomic mass is 10.3. The zero-order chi connectivity index (χ0) is 5.98. The van der Waals surface area contributed by atoms with Crippen LogP contribution in [0.4, 0.5) is 0 Å². The SMILES string of the molecule is C/C=C/[C@H]1C[C@H]1CO. The minimum Gasteiger partial charge on any atom is -0.396 e. The van der Waals surface area contributed by atoms with Gasteiger partial charge in [0.05, 0.1) is 0 Å². The van der Waals surface area contributed by atoms with Crippen LogP contribution in [-0.2, 0) is 0 Å². The molecular weight excluding hydrogens is 100 g/mol. The summed E-state index contributed by atoms with van der Waals surface area (Å²) in [6, 6.07) is 0. The Hall–Kier alpha value is -0.300. The van der Waals surface area contributed by atoms with Gasteiger partial charge in [0, 0.05) is 6.61 Å². The molecule has 0 bridgehead atoms. The van der Waals surface area contributed by atoms with Crippen LogP contribution < -0.4 is 0 Å². The molecule has 0 unspecified atom stereocenters. The van der Waals surface area contributed by atoms with E-state index in [1.807, 2.05) is 6.92 Å². The molecule has 1 fully saturated rings. The Kier molecular flexibility index (Phi) is 1.69. The summed E-state index contributed by atoms with van der Waals surface area (Å²) in [7, 11) is 0. The smallest absolute Gasteiger partial charge is 0.0465 e. The predicted octanol–water partition coefficient (Wildman–Crippen LogP) is 1.19. The van der Waals surface area contributed by atoms with Crippen molar-refractivity contribution < 1.29 is 5.11 Å². The van der Waals surface area contributed by atoms with E-state index in [1.54, 1.807) is 0 Å². The highest BCUT2D eigenvalue weighted by molar-refractivity contribution is 5.00. The zero-order valence-electron chi connectivity index (χ0n) is 5.17. The second-order valence-corrected chi connectivity index (χ2v) is 2.37. The Morgan fingerprint density at radius 2 is 2.50 bits per heavy atom. The van der Waals surface area contributed by atoms with Crippen LogP contribution in [0.2, 0.25) is 0 Å². The van der Waals surface area contributed by atoms with Gasteiger partial charge in [-0.1, -0.05) is 12.2 Å². The zero-order valence-corrected chi connectivity index (χ0v) is 5.17. The number of aliphatic hydroxyl groups is 1. The van der Waals surface area contributed by atoms with Gasteiger partial charge in [-0.05, 0) is 25.2 Å². The second kappa shape index (κ2) is 2.31. The molecular formula is C7H12O. The Morgan fingerprint density at radius 3 is 2.88 bits per heavy atom. The van der Waals surface area contributed by atoms with Gasteiger partial charge in [-0.3, -0.25) is 0 Å². The Labute approximate surface area is 50.0 Å². The highest BCUT2D eigenvalue weighted by Crippen LogP contribution is 2.38. The minimum atomic E-state index is 0.370. The molecule has 2 atom stereocenters. The molecule has 1 rings (SSSR count). The summed E-state index contributed by atoms with van der Waals surface area (Å²) in [5.41, 5.74) is 0. The maximum absolute atomic E-state index is 8.57. The lowest BCUT2D eigenvalue weighted by molar-refractivity contribution is 0.272. The van der Waals surface area contributed by atoms with Crippen LogP contribution in [0.25, 0.3) is 0 Å². The Morgan fingerprint density at radius 1 is 1.75 bits per heavy atom. The molecule has 0 spiro atoms. The van der Waals surface area contributed by atoms with Gasteiger partial charge in [-0.15, -0.1) is 0 Å². The van der Waals surface area contributed by atoms with E-state index in [0.29, 0.717) is 18.4 Å². The quantitative estimate of drug-likeness (QED) is 0.532. The normalized spacial score (nSPS) is 36.2. The van der Waals surface area contributed by atoms with Gasteiger partial charge in [0.15, 0.2) is 0 Å². The fourth-order valence-electron chi connectivity index (χ4n) is 0.964. The van der Waals surface area contributed by atoms with Crippen molar-refractivity contribution in [3.05, 3.63) is 12.2 Å². The first-order chi connectivity index (χ1) is 3.88. The van der Waals surface area contributed by atoms with E-state index in [1.165, 1.54) is 6.42 Å². The van der Waals surface area contributed by atoms with Crippen LogP contribution >= 0.6 is 0 Å². The fourth-order valence-corrected chi connectivity index (χ4v) is 0.964. The molecule has 1 aliphatic rings. The van der Waals surface area contributed by atoms with Gasteiger partial charge in [-0.25, -0.2) is 0 Å². The second-order valence-electron chi connectivity index (χ2n) is 2.37. The van der Waals surface area contributed by atoms with Crippen molar-refractivity contribution in [1.82, 2.24) is 0 Å². The molecule has 0 saturated heterocycles. The van der Waals surface area contributed by atoms with Gasteiger partial charge in [0.25, 0.3) is 0 Å². The van der Waals surface area contributed by atoms with Crippen molar-refractivity contribution in [2.24, 2.45) is 11.8 Å². The van der Waals surface area contributed by atoms with E-state index < -0.39 is 0 Å². The molecule has 1 N–H and O–H groups in total. The fraction of sp³-hybridized carbons (Fsp3) is 0.714. The summed E-state index contributed by atoms with van der Waals surface area (Å²) in [5.74, 6) is 1.29. The summed E-state index contributed by atoms with van der Waals surface area (Å²) in [6.45, 7) is 2.39. The molecule has 0 radical (unpaired) electrons. The summed E-state index contributed by atoms with van der Waals surface area (Å²) in [5, 5.41) is 8.57. The van der Waals surface area contributed by atoms with E-state index in [9.17, 15) is 0 Å². The van der Waals surface area contributed by atoms with Crippen LogP contribution in [0.1, 0.15) is 13.3 Å². The number of aliphatic hydroxyl groups excluding tert-OH is 1. The molecule has 8 heavy (non-hydrogen) atoms. The Balaban J connectivity index is 2.17. The van der Waals surface area contributed by atoms with Crippen molar-refractivity contribution in [3.8, 4) is 0 Å². The summed E-state index contributed by atoms with van der Waals surface area (Å²) in [6.07, 6.45) is 5.42. The predicted molar refractivity (Wildman–Crippen MR) is 33.5 cm³/mol. The first-order valence-corrected chi connectivity index (χ1v) is 3.12. The maximum atomic E-state index is 8.57. The van der Waals surface area contributed by atoms with Gasteiger partial charge in [0.2, 0.25) is 0 Å². The van der Waals surface area contributed by atoms with Crippen molar-refractivity contribution in [3.63, 3.8) is 0 Å². The van der Waals surface area contributed by atoms with Crippen LogP contribution in [-0.4, -0.2) is 11.7 Å². The highest BCUT2D eigenvalue weighted by Gasteiger charge is 2.33. The number of rotatable bonds is 2. The van der Waals surface area contributed by atoms with Crippen molar-refractivity contribution in [1.29, 1.82) is 0 Å². The third kappa shape index (κ3) is 1.10. The molecule has 0 heterocycles. The van der Waals surface area contributed by atoms with Crippen LogP contribution in [0.5, 0.6) is 0 Å². The molecule has 1 heteroatoms. The van der Waals surface area contributed by atoms with Gasteiger partial charge in [-0.2, -0.15) is 0 Å². The molecule has 1 aliphatic carbocycles. The number of hydrogen-bond acceptors (Lipinski definition) is 1. The minimum absolute atomic E-state index is 0.370. The van der Waals surface area contributed by atoms with Gasteiger partial charge in [0.1, 0.15) is 0 Å². The lowest BCUT2D eigenvalue weighted by Crippen LogP contribution is -1.84. The third-order valence-electron chi connectivity index (χ3n) is 1.65. The van der Waals surface area contributed by atoms with Crippen molar-refractivity contribution >= 4 is 0 Å². The van der Waals surface area contributed by atoms with E-state index in [0.717, 1.165) is 0 Å². The highest BCUT2D eigenvalue weighted by atomic mass is 16.3. The largest absolute Gasteiger partial charge is 0.396 e. The Bertz CT molecular complexity index is 96.6. The standard InChI is InChI=1S/C7H12O/c1-2-3-6-4-7(6)5-8/h2-3,6-8H,4-5H2,1H3/b3-2+/t6-,7-/m0/s1. The molecule has 0 aromatic carbocycles. The topological polar surface area (TPSA) is 20.2 Å². The van der Waals surface area contributed by atoms with Gasteiger partial charge < -0.3 is 5.11 Å². The maximum Gasteiger partial charge on any atom is 0.0465 e. The van der Waals surface area contributed by atoms with E-state index in [2.05, 4.69) is 12.2 Å². The van der Waals surface area contributed by atoms with Crippen LogP contribution in [0.3, 0.4) is 0 Å². The first-order valence-electron chi connectivity index (χ1n) is 3.12. The van der Waals surface area contributed by atoms with Gasteiger partial charge >= 0.3 is 0 Å². The third-order valence-corrected chi connectivity index (χ3v) is 1.65. The monoisotopic (exact) mass is 112 g/mol. The molecule has 46 valence electrons. The summed E-state index contributed by atoms with van der Waals surface area (Å²) in [4.78, 5) is 0. The summed E-state index contributed by atoms with van der Waals surface area (Å²) >= 11 is 0. The molecule has 1 saturated carbocycles. The van der Waals surface area contributed by atoms with Crippen LogP contribution in [0, 0.1) is 11.8 Å². The average molecular weight is 112 g/mol. The lowest BCUT2D eigenvalue weighted by Gasteiger charge is -1.82. The number of hydrogen-bond donors (Lipinski definition) is 1. The van der Waals surface area contributed by atoms with Crippen molar-refractivity contribution in [2.75, 3.05) is 6.61 Å². The molecule has 0 amide bonds. The first kappa shape index (κ1) is 5.83. The molecule has 0 aromatic rings. The van der Waals surface area contributed by atoms with E-state index in [4.69, 9.17) is 5.11 Å². The molecule has 0 aliphatic heterocycles. The molecule has 1 nitrogen and oxygen atoms in total. The van der Waals surface area contributed by atoms with Crippen molar-refractivity contribution in [2.45, 2.75) is 13.3 Å². The van der Waals surface area contributed by atoms with E-state index in [-0.39, 0.29) is 0 Å². The number of allylic oxidation sites excluding steroid dienone is 2. The van der Waals surface area contributed by atoms with E-state index >= 15 is 0 Å². The average Bonchev–Trinajstić information content (AvgIpc) is 2.48.